The van der Waals surface area contributed by atoms with Crippen molar-refractivity contribution < 1.29 is 17.9 Å². The molecule has 1 heterocycles. The lowest BCUT2D eigenvalue weighted by atomic mass is 10.2. The monoisotopic (exact) mass is 373 g/mol. The van der Waals surface area contributed by atoms with Gasteiger partial charge in [0.05, 0.1) is 17.7 Å². The van der Waals surface area contributed by atoms with E-state index in [2.05, 4.69) is 5.32 Å². The molecule has 26 heavy (non-hydrogen) atoms. The van der Waals surface area contributed by atoms with Crippen LogP contribution in [0.1, 0.15) is 5.69 Å². The summed E-state index contributed by atoms with van der Waals surface area (Å²) in [5, 5.41) is 8.90. The number of methoxy groups -OCH3 is 1. The van der Waals surface area contributed by atoms with Crippen molar-refractivity contribution in [2.75, 3.05) is 12.4 Å². The second kappa shape index (κ2) is 6.81. The number of nitrogens with one attached hydrogen (secondary N) is 1. The van der Waals surface area contributed by atoms with Gasteiger partial charge in [0.1, 0.15) is 12.3 Å². The number of fused-ring (bicyclic) bond motifs is 1. The molecule has 0 atom stereocenters. The average molecular weight is 373 g/mol. The average Bonchev–Trinajstić information content (AvgIpc) is 2.89. The zero-order chi connectivity index (χ0) is 18.9. The number of rotatable bonds is 5. The third-order valence-corrected chi connectivity index (χ3v) is 5.00. The summed E-state index contributed by atoms with van der Waals surface area (Å²) in [4.78, 5) is 12.4. The summed E-state index contributed by atoms with van der Waals surface area (Å²) < 4.78 is 30.2. The standard InChI is InChI=1S/C18H19N3O4S/c1-12-9-13-5-3-4-6-16(13)21(12)11-18(22)20-15-10-14(26(19,23)24)7-8-17(15)25-2/h3-10H,11H2,1-2H3,(H,20,22)(H2,19,23,24). The Morgan fingerprint density at radius 2 is 1.92 bits per heavy atom. The first-order valence-electron chi connectivity index (χ1n) is 7.85. The maximum absolute atomic E-state index is 12.5. The molecule has 0 bridgehead atoms. The highest BCUT2D eigenvalue weighted by Gasteiger charge is 2.15. The number of ether oxygens (including phenoxy) is 1. The van der Waals surface area contributed by atoms with Crippen LogP contribution in [0, 0.1) is 6.92 Å². The minimum absolute atomic E-state index is 0.0854. The predicted molar refractivity (Wildman–Crippen MR) is 99.7 cm³/mol. The van der Waals surface area contributed by atoms with E-state index < -0.39 is 10.0 Å². The summed E-state index contributed by atoms with van der Waals surface area (Å²) in [5.41, 5.74) is 2.15. The smallest absolute Gasteiger partial charge is 0.244 e. The van der Waals surface area contributed by atoms with E-state index in [4.69, 9.17) is 9.88 Å². The fraction of sp³-hybridized carbons (Fsp3) is 0.167. The largest absolute Gasteiger partial charge is 0.495 e. The molecule has 0 aliphatic carbocycles. The number of hydrogen-bond acceptors (Lipinski definition) is 4. The van der Waals surface area contributed by atoms with Gasteiger partial charge >= 0.3 is 0 Å². The Kier molecular flexibility index (Phi) is 4.71. The van der Waals surface area contributed by atoms with E-state index in [1.807, 2.05) is 41.8 Å². The van der Waals surface area contributed by atoms with Crippen LogP contribution in [0.5, 0.6) is 5.75 Å². The number of nitrogens with two attached hydrogens (primary N) is 1. The van der Waals surface area contributed by atoms with Gasteiger partial charge in [-0.25, -0.2) is 13.6 Å². The van der Waals surface area contributed by atoms with Crippen LogP contribution in [0.25, 0.3) is 10.9 Å². The number of primary sulfonamides is 1. The molecule has 0 fully saturated rings. The number of anilines is 1. The van der Waals surface area contributed by atoms with Crippen molar-refractivity contribution in [2.45, 2.75) is 18.4 Å². The molecule has 136 valence electrons. The molecule has 1 amide bonds. The summed E-state index contributed by atoms with van der Waals surface area (Å²) in [6.07, 6.45) is 0. The van der Waals surface area contributed by atoms with E-state index in [0.717, 1.165) is 16.6 Å². The quantitative estimate of drug-likeness (QED) is 0.716. The van der Waals surface area contributed by atoms with Crippen molar-refractivity contribution in [3.05, 3.63) is 54.2 Å². The number of aryl methyl sites for hydroxylation is 1. The Morgan fingerprint density at radius 3 is 2.62 bits per heavy atom. The maximum Gasteiger partial charge on any atom is 0.244 e. The molecule has 1 aromatic heterocycles. The predicted octanol–water partition coefficient (Wildman–Crippen LogP) is 2.24. The number of sulfonamides is 1. The van der Waals surface area contributed by atoms with Gasteiger partial charge in [0.15, 0.2) is 0 Å². The molecule has 0 unspecified atom stereocenters. The molecule has 2 aromatic carbocycles. The van der Waals surface area contributed by atoms with Gasteiger partial charge in [0, 0.05) is 11.2 Å². The third-order valence-electron chi connectivity index (χ3n) is 4.09. The highest BCUT2D eigenvalue weighted by molar-refractivity contribution is 7.89. The van der Waals surface area contributed by atoms with Crippen LogP contribution < -0.4 is 15.2 Å². The molecule has 0 saturated carbocycles. The van der Waals surface area contributed by atoms with Gasteiger partial charge in [0.2, 0.25) is 15.9 Å². The molecule has 0 saturated heterocycles. The van der Waals surface area contributed by atoms with Gasteiger partial charge < -0.3 is 14.6 Å². The van der Waals surface area contributed by atoms with Crippen LogP contribution in [0.2, 0.25) is 0 Å². The van der Waals surface area contributed by atoms with Crippen LogP contribution in [0.3, 0.4) is 0 Å². The molecule has 7 nitrogen and oxygen atoms in total. The summed E-state index contributed by atoms with van der Waals surface area (Å²) in [7, 11) is -2.45. The van der Waals surface area contributed by atoms with Crippen LogP contribution in [-0.2, 0) is 21.4 Å². The van der Waals surface area contributed by atoms with E-state index in [9.17, 15) is 13.2 Å². The first-order valence-corrected chi connectivity index (χ1v) is 9.40. The molecule has 3 rings (SSSR count). The van der Waals surface area contributed by atoms with Crippen LogP contribution in [0.15, 0.2) is 53.4 Å². The van der Waals surface area contributed by atoms with Crippen molar-refractivity contribution in [3.8, 4) is 5.75 Å². The summed E-state index contributed by atoms with van der Waals surface area (Å²) >= 11 is 0. The first kappa shape index (κ1) is 18.0. The van der Waals surface area contributed by atoms with Gasteiger partial charge in [-0.3, -0.25) is 4.79 Å². The van der Waals surface area contributed by atoms with Crippen molar-refractivity contribution >= 4 is 32.5 Å². The van der Waals surface area contributed by atoms with Crippen molar-refractivity contribution in [1.82, 2.24) is 4.57 Å². The van der Waals surface area contributed by atoms with Gasteiger partial charge in [0.25, 0.3) is 0 Å². The Balaban J connectivity index is 1.89. The molecule has 0 aliphatic rings. The zero-order valence-corrected chi connectivity index (χ0v) is 15.2. The minimum Gasteiger partial charge on any atom is -0.495 e. The molecule has 0 aliphatic heterocycles. The summed E-state index contributed by atoms with van der Waals surface area (Å²) in [5.74, 6) is 0.0409. The lowest BCUT2D eigenvalue weighted by Crippen LogP contribution is -2.20. The topological polar surface area (TPSA) is 103 Å². The van der Waals surface area contributed by atoms with Crippen LogP contribution in [0.4, 0.5) is 5.69 Å². The highest BCUT2D eigenvalue weighted by atomic mass is 32.2. The van der Waals surface area contributed by atoms with E-state index in [-0.39, 0.29) is 23.0 Å². The Labute approximate surface area is 151 Å². The third kappa shape index (κ3) is 3.56. The van der Waals surface area contributed by atoms with E-state index >= 15 is 0 Å². The second-order valence-corrected chi connectivity index (χ2v) is 7.45. The van der Waals surface area contributed by atoms with E-state index in [1.165, 1.54) is 25.3 Å². The Bertz CT molecular complexity index is 1090. The lowest BCUT2D eigenvalue weighted by molar-refractivity contribution is -0.116. The zero-order valence-electron chi connectivity index (χ0n) is 14.4. The molecule has 8 heteroatoms. The fourth-order valence-electron chi connectivity index (χ4n) is 2.85. The van der Waals surface area contributed by atoms with Gasteiger partial charge in [-0.15, -0.1) is 0 Å². The van der Waals surface area contributed by atoms with Gasteiger partial charge in [-0.2, -0.15) is 0 Å². The van der Waals surface area contributed by atoms with Crippen LogP contribution >= 0.6 is 0 Å². The van der Waals surface area contributed by atoms with Crippen molar-refractivity contribution in [2.24, 2.45) is 5.14 Å². The number of hydrogen-bond donors (Lipinski definition) is 2. The number of amides is 1. The number of carbonyl (C=O) groups excluding carboxylic acids is 1. The highest BCUT2D eigenvalue weighted by Crippen LogP contribution is 2.27. The number of nitrogens with zero attached hydrogens (tertiary/aromatic N) is 1. The van der Waals surface area contributed by atoms with Crippen LogP contribution in [-0.4, -0.2) is 26.0 Å². The minimum atomic E-state index is -3.88. The molecule has 0 spiro atoms. The molecule has 3 aromatic rings. The summed E-state index contributed by atoms with van der Waals surface area (Å²) in [6, 6.07) is 13.8. The molecule has 3 N–H and O–H groups in total. The fourth-order valence-corrected chi connectivity index (χ4v) is 3.39. The van der Waals surface area contributed by atoms with Gasteiger partial charge in [-0.1, -0.05) is 18.2 Å². The normalized spacial score (nSPS) is 11.5. The Hall–Kier alpha value is -2.84. The molecular weight excluding hydrogens is 354 g/mol. The van der Waals surface area contributed by atoms with E-state index in [1.54, 1.807) is 0 Å². The first-order chi connectivity index (χ1) is 12.3. The second-order valence-electron chi connectivity index (χ2n) is 5.89. The molecule has 0 radical (unpaired) electrons. The van der Waals surface area contributed by atoms with E-state index in [0.29, 0.717) is 5.75 Å². The summed E-state index contributed by atoms with van der Waals surface area (Å²) in [6.45, 7) is 2.01. The van der Waals surface area contributed by atoms with Gasteiger partial charge in [-0.05, 0) is 42.6 Å². The SMILES string of the molecule is COc1ccc(S(N)(=O)=O)cc1NC(=O)Cn1c(C)cc2ccccc21. The number of benzene rings is 2. The lowest BCUT2D eigenvalue weighted by Gasteiger charge is -2.13. The number of para-hydroxylation sites is 1. The molecular formula is C18H19N3O4S. The Morgan fingerprint density at radius 1 is 1.19 bits per heavy atom. The number of carbonyl (C=O) groups is 1. The van der Waals surface area contributed by atoms with Crippen molar-refractivity contribution in [3.63, 3.8) is 0 Å². The number of aromatic nitrogens is 1. The van der Waals surface area contributed by atoms with Crippen molar-refractivity contribution in [1.29, 1.82) is 0 Å². The maximum atomic E-state index is 12.5.